The largest absolute Gasteiger partial charge is 0.326 e. The normalized spacial score (nSPS) is 9.12. The van der Waals surface area contributed by atoms with Gasteiger partial charge in [-0.2, -0.15) is 5.10 Å². The van der Waals surface area contributed by atoms with Gasteiger partial charge in [-0.25, -0.2) is 0 Å². The zero-order chi connectivity index (χ0) is 9.97. The van der Waals surface area contributed by atoms with E-state index in [1.165, 1.54) is 5.56 Å². The molecule has 2 aromatic rings. The minimum atomic E-state index is 0. The number of benzene rings is 1. The summed E-state index contributed by atoms with van der Waals surface area (Å²) >= 11 is 0. The summed E-state index contributed by atoms with van der Waals surface area (Å²) in [6.45, 7) is 0.589. The molecular weight excluding hydrogens is 245 g/mol. The van der Waals surface area contributed by atoms with Crippen molar-refractivity contribution in [1.29, 1.82) is 0 Å². The van der Waals surface area contributed by atoms with Gasteiger partial charge in [0.15, 0.2) is 0 Å². The molecule has 0 saturated heterocycles. The predicted octanol–water partition coefficient (Wildman–Crippen LogP) is 2.39. The van der Waals surface area contributed by atoms with Crippen molar-refractivity contribution in [3.8, 4) is 11.3 Å². The lowest BCUT2D eigenvalue weighted by Crippen LogP contribution is -1.96. The Morgan fingerprint density at radius 1 is 1.12 bits per heavy atom. The van der Waals surface area contributed by atoms with Crippen molar-refractivity contribution >= 4 is 24.8 Å². The highest BCUT2D eigenvalue weighted by atomic mass is 35.5. The van der Waals surface area contributed by atoms with Crippen LogP contribution in [0.1, 0.15) is 5.56 Å². The maximum atomic E-state index is 5.53. The molecule has 0 unspecified atom stereocenters. The summed E-state index contributed by atoms with van der Waals surface area (Å²) < 4.78 is 1.86. The lowest BCUT2D eigenvalue weighted by molar-refractivity contribution is 0.776. The van der Waals surface area contributed by atoms with Crippen LogP contribution in [0, 0.1) is 0 Å². The highest BCUT2D eigenvalue weighted by Crippen LogP contribution is 2.18. The van der Waals surface area contributed by atoms with Crippen molar-refractivity contribution in [2.24, 2.45) is 12.8 Å². The highest BCUT2D eigenvalue weighted by molar-refractivity contribution is 5.85. The Hall–Kier alpha value is -1.03. The minimum absolute atomic E-state index is 0. The van der Waals surface area contributed by atoms with Gasteiger partial charge in [-0.3, -0.25) is 4.68 Å². The predicted molar refractivity (Wildman–Crippen MR) is 71.0 cm³/mol. The van der Waals surface area contributed by atoms with Crippen LogP contribution >= 0.6 is 24.8 Å². The monoisotopic (exact) mass is 259 g/mol. The highest BCUT2D eigenvalue weighted by Gasteiger charge is 2.01. The van der Waals surface area contributed by atoms with Crippen molar-refractivity contribution in [3.63, 3.8) is 0 Å². The average molecular weight is 260 g/mol. The quantitative estimate of drug-likeness (QED) is 0.901. The molecule has 2 N–H and O–H groups in total. The molecule has 0 atom stereocenters. The molecule has 5 heteroatoms. The van der Waals surface area contributed by atoms with E-state index in [0.29, 0.717) is 6.54 Å². The van der Waals surface area contributed by atoms with Crippen LogP contribution in [0.4, 0.5) is 0 Å². The summed E-state index contributed by atoms with van der Waals surface area (Å²) in [6.07, 6.45) is 1.80. The smallest absolute Gasteiger partial charge is 0.0678 e. The fourth-order valence-electron chi connectivity index (χ4n) is 1.47. The summed E-state index contributed by atoms with van der Waals surface area (Å²) in [5.74, 6) is 0. The first kappa shape index (κ1) is 15.0. The Balaban J connectivity index is 0.00000112. The van der Waals surface area contributed by atoms with Crippen LogP contribution in [-0.4, -0.2) is 9.78 Å². The van der Waals surface area contributed by atoms with E-state index in [-0.39, 0.29) is 24.8 Å². The molecule has 16 heavy (non-hydrogen) atoms. The van der Waals surface area contributed by atoms with Crippen molar-refractivity contribution in [1.82, 2.24) is 9.78 Å². The molecule has 88 valence electrons. The van der Waals surface area contributed by atoms with Crippen LogP contribution in [0.5, 0.6) is 0 Å². The third-order valence-corrected chi connectivity index (χ3v) is 2.31. The van der Waals surface area contributed by atoms with E-state index in [4.69, 9.17) is 5.73 Å². The van der Waals surface area contributed by atoms with E-state index >= 15 is 0 Å². The van der Waals surface area contributed by atoms with Crippen molar-refractivity contribution in [3.05, 3.63) is 42.1 Å². The maximum Gasteiger partial charge on any atom is 0.0678 e. The van der Waals surface area contributed by atoms with E-state index in [0.717, 1.165) is 11.3 Å². The fourth-order valence-corrected chi connectivity index (χ4v) is 1.47. The van der Waals surface area contributed by atoms with Gasteiger partial charge in [0.1, 0.15) is 0 Å². The fraction of sp³-hybridized carbons (Fsp3) is 0.182. The van der Waals surface area contributed by atoms with Gasteiger partial charge in [-0.05, 0) is 17.2 Å². The number of rotatable bonds is 2. The number of hydrogen-bond donors (Lipinski definition) is 1. The first-order chi connectivity index (χ1) is 6.81. The maximum absolute atomic E-state index is 5.53. The zero-order valence-corrected chi connectivity index (χ0v) is 10.6. The molecule has 0 aliphatic heterocycles. The van der Waals surface area contributed by atoms with E-state index < -0.39 is 0 Å². The second-order valence-corrected chi connectivity index (χ2v) is 3.24. The standard InChI is InChI=1S/C11H13N3.2ClH/c1-14-11(6-7-13-14)10-4-2-9(8-12)3-5-10;;/h2-7H,8,12H2,1H3;2*1H. The number of nitrogens with two attached hydrogens (primary N) is 1. The molecule has 0 fully saturated rings. The van der Waals surface area contributed by atoms with Gasteiger partial charge in [0.05, 0.1) is 5.69 Å². The number of aromatic nitrogens is 2. The molecule has 1 aromatic heterocycles. The number of halogens is 2. The minimum Gasteiger partial charge on any atom is -0.326 e. The molecule has 0 bridgehead atoms. The summed E-state index contributed by atoms with van der Waals surface area (Å²) in [4.78, 5) is 0. The molecule has 0 saturated carbocycles. The Bertz CT molecular complexity index is 423. The molecule has 1 aromatic carbocycles. The summed E-state index contributed by atoms with van der Waals surface area (Å²) in [5.41, 5.74) is 8.97. The van der Waals surface area contributed by atoms with Gasteiger partial charge in [0.2, 0.25) is 0 Å². The average Bonchev–Trinajstić information content (AvgIpc) is 2.65. The lowest BCUT2D eigenvalue weighted by Gasteiger charge is -2.02. The first-order valence-corrected chi connectivity index (χ1v) is 4.58. The molecular formula is C11H15Cl2N3. The van der Waals surface area contributed by atoms with Crippen molar-refractivity contribution < 1.29 is 0 Å². The van der Waals surface area contributed by atoms with E-state index in [2.05, 4.69) is 17.2 Å². The van der Waals surface area contributed by atoms with E-state index in [1.807, 2.05) is 29.9 Å². The molecule has 0 radical (unpaired) electrons. The molecule has 1 heterocycles. The Labute approximate surface area is 107 Å². The molecule has 0 amide bonds. The van der Waals surface area contributed by atoms with Gasteiger partial charge in [0, 0.05) is 19.8 Å². The first-order valence-electron chi connectivity index (χ1n) is 4.58. The summed E-state index contributed by atoms with van der Waals surface area (Å²) in [6, 6.07) is 10.2. The van der Waals surface area contributed by atoms with Crippen LogP contribution < -0.4 is 5.73 Å². The Kier molecular flexibility index (Phi) is 6.11. The summed E-state index contributed by atoms with van der Waals surface area (Å²) in [5, 5.41) is 4.13. The third-order valence-electron chi connectivity index (χ3n) is 2.31. The van der Waals surface area contributed by atoms with E-state index in [1.54, 1.807) is 6.20 Å². The molecule has 0 spiro atoms. The molecule has 0 aliphatic rings. The molecule has 0 aliphatic carbocycles. The number of aryl methyl sites for hydroxylation is 1. The van der Waals surface area contributed by atoms with Gasteiger partial charge >= 0.3 is 0 Å². The topological polar surface area (TPSA) is 43.8 Å². The summed E-state index contributed by atoms with van der Waals surface area (Å²) in [7, 11) is 1.94. The second kappa shape index (κ2) is 6.53. The van der Waals surface area contributed by atoms with Crippen LogP contribution in [0.15, 0.2) is 36.5 Å². The SMILES string of the molecule is Cl.Cl.Cn1nccc1-c1ccc(CN)cc1. The van der Waals surface area contributed by atoms with Crippen LogP contribution in [0.3, 0.4) is 0 Å². The molecule has 3 nitrogen and oxygen atoms in total. The van der Waals surface area contributed by atoms with Crippen LogP contribution in [0.25, 0.3) is 11.3 Å². The van der Waals surface area contributed by atoms with Gasteiger partial charge in [0.25, 0.3) is 0 Å². The Morgan fingerprint density at radius 3 is 2.19 bits per heavy atom. The third kappa shape index (κ3) is 2.98. The van der Waals surface area contributed by atoms with Crippen LogP contribution in [0.2, 0.25) is 0 Å². The van der Waals surface area contributed by atoms with Gasteiger partial charge < -0.3 is 5.73 Å². The van der Waals surface area contributed by atoms with Gasteiger partial charge in [-0.1, -0.05) is 24.3 Å². The van der Waals surface area contributed by atoms with Gasteiger partial charge in [-0.15, -0.1) is 24.8 Å². The van der Waals surface area contributed by atoms with E-state index in [9.17, 15) is 0 Å². The second-order valence-electron chi connectivity index (χ2n) is 3.24. The van der Waals surface area contributed by atoms with Crippen LogP contribution in [-0.2, 0) is 13.6 Å². The lowest BCUT2D eigenvalue weighted by atomic mass is 10.1. The van der Waals surface area contributed by atoms with Crippen molar-refractivity contribution in [2.45, 2.75) is 6.54 Å². The number of nitrogens with zero attached hydrogens (tertiary/aromatic N) is 2. The number of hydrogen-bond acceptors (Lipinski definition) is 2. The molecule has 2 rings (SSSR count). The zero-order valence-electron chi connectivity index (χ0n) is 8.96. The van der Waals surface area contributed by atoms with Crippen molar-refractivity contribution in [2.75, 3.05) is 0 Å². The Morgan fingerprint density at radius 2 is 1.75 bits per heavy atom.